The standard InChI is InChI=1S/C11H22N2O5S/c1-4-18-10(14)9-6-5-7-13(9)19(16,17)12-8-11(2,3)15/h9,12,15H,4-8H2,1-3H3. The summed E-state index contributed by atoms with van der Waals surface area (Å²) in [6.07, 6.45) is 1.08. The van der Waals surface area contributed by atoms with E-state index in [0.717, 1.165) is 4.31 Å². The van der Waals surface area contributed by atoms with Crippen molar-refractivity contribution < 1.29 is 23.1 Å². The molecule has 1 aliphatic heterocycles. The minimum Gasteiger partial charge on any atom is -0.465 e. The summed E-state index contributed by atoms with van der Waals surface area (Å²) in [7, 11) is -3.78. The van der Waals surface area contributed by atoms with E-state index < -0.39 is 27.8 Å². The molecule has 1 heterocycles. The van der Waals surface area contributed by atoms with E-state index in [4.69, 9.17) is 4.74 Å². The molecule has 1 aliphatic rings. The van der Waals surface area contributed by atoms with Gasteiger partial charge in [0.15, 0.2) is 0 Å². The third-order valence-corrected chi connectivity index (χ3v) is 4.32. The predicted octanol–water partition coefficient (Wildman–Crippen LogP) is -0.381. The van der Waals surface area contributed by atoms with Gasteiger partial charge in [0.25, 0.3) is 10.2 Å². The van der Waals surface area contributed by atoms with Crippen LogP contribution in [0, 0.1) is 0 Å². The highest BCUT2D eigenvalue weighted by Gasteiger charge is 2.39. The van der Waals surface area contributed by atoms with Crippen LogP contribution in [0.3, 0.4) is 0 Å². The van der Waals surface area contributed by atoms with Crippen molar-refractivity contribution in [3.63, 3.8) is 0 Å². The average Bonchev–Trinajstić information content (AvgIpc) is 2.75. The molecule has 1 rings (SSSR count). The molecule has 0 aliphatic carbocycles. The lowest BCUT2D eigenvalue weighted by molar-refractivity contribution is -0.146. The summed E-state index contributed by atoms with van der Waals surface area (Å²) in [4.78, 5) is 11.7. The fourth-order valence-electron chi connectivity index (χ4n) is 1.85. The second-order valence-corrected chi connectivity index (χ2v) is 6.87. The van der Waals surface area contributed by atoms with Gasteiger partial charge in [-0.05, 0) is 33.6 Å². The van der Waals surface area contributed by atoms with E-state index in [1.54, 1.807) is 6.92 Å². The van der Waals surface area contributed by atoms with Crippen LogP contribution >= 0.6 is 0 Å². The van der Waals surface area contributed by atoms with Crippen molar-refractivity contribution in [2.45, 2.75) is 45.3 Å². The van der Waals surface area contributed by atoms with Gasteiger partial charge >= 0.3 is 5.97 Å². The third-order valence-electron chi connectivity index (χ3n) is 2.76. The molecule has 0 aromatic heterocycles. The fraction of sp³-hybridized carbons (Fsp3) is 0.909. The Morgan fingerprint density at radius 2 is 2.16 bits per heavy atom. The summed E-state index contributed by atoms with van der Waals surface area (Å²) in [6.45, 7) is 5.08. The number of aliphatic hydroxyl groups is 1. The Labute approximate surface area is 114 Å². The summed E-state index contributed by atoms with van der Waals surface area (Å²) in [5.74, 6) is -0.520. The van der Waals surface area contributed by atoms with E-state index in [1.807, 2.05) is 0 Å². The molecule has 7 nitrogen and oxygen atoms in total. The number of nitrogens with zero attached hydrogens (tertiary/aromatic N) is 1. The molecule has 2 N–H and O–H groups in total. The van der Waals surface area contributed by atoms with Crippen LogP contribution in [0.5, 0.6) is 0 Å². The summed E-state index contributed by atoms with van der Waals surface area (Å²) >= 11 is 0. The number of hydrogen-bond acceptors (Lipinski definition) is 5. The first-order valence-corrected chi connectivity index (χ1v) is 7.77. The lowest BCUT2D eigenvalue weighted by Crippen LogP contribution is -2.49. The normalized spacial score (nSPS) is 21.6. The molecule has 1 unspecified atom stereocenters. The number of hydrogen-bond donors (Lipinski definition) is 2. The molecule has 112 valence electrons. The number of carbonyl (C=O) groups excluding carboxylic acids is 1. The van der Waals surface area contributed by atoms with Crippen LogP contribution in [0.25, 0.3) is 0 Å². The average molecular weight is 294 g/mol. The van der Waals surface area contributed by atoms with Crippen LogP contribution < -0.4 is 4.72 Å². The maximum atomic E-state index is 12.1. The van der Waals surface area contributed by atoms with Gasteiger partial charge in [0.1, 0.15) is 6.04 Å². The Bertz CT molecular complexity index is 415. The van der Waals surface area contributed by atoms with Crippen molar-refractivity contribution in [2.75, 3.05) is 19.7 Å². The molecular formula is C11H22N2O5S. The molecule has 1 fully saturated rings. The highest BCUT2D eigenvalue weighted by Crippen LogP contribution is 2.21. The van der Waals surface area contributed by atoms with Gasteiger partial charge in [0, 0.05) is 13.1 Å². The van der Waals surface area contributed by atoms with Gasteiger partial charge in [-0.25, -0.2) is 0 Å². The quantitative estimate of drug-likeness (QED) is 0.651. The number of ether oxygens (including phenoxy) is 1. The number of carbonyl (C=O) groups is 1. The number of esters is 1. The van der Waals surface area contributed by atoms with Crippen LogP contribution in [-0.4, -0.2) is 55.1 Å². The first-order valence-electron chi connectivity index (χ1n) is 6.33. The molecule has 0 aromatic rings. The van der Waals surface area contributed by atoms with E-state index in [-0.39, 0.29) is 19.7 Å². The molecular weight excluding hydrogens is 272 g/mol. The second kappa shape index (κ2) is 6.17. The van der Waals surface area contributed by atoms with Gasteiger partial charge in [0.2, 0.25) is 0 Å². The van der Waals surface area contributed by atoms with Gasteiger partial charge in [-0.1, -0.05) is 0 Å². The van der Waals surface area contributed by atoms with E-state index in [0.29, 0.717) is 12.8 Å². The summed E-state index contributed by atoms with van der Waals surface area (Å²) in [5.41, 5.74) is -1.15. The summed E-state index contributed by atoms with van der Waals surface area (Å²) in [6, 6.07) is -0.765. The maximum absolute atomic E-state index is 12.1. The topological polar surface area (TPSA) is 95.9 Å². The number of rotatable bonds is 6. The van der Waals surface area contributed by atoms with Crippen LogP contribution in [0.1, 0.15) is 33.6 Å². The first kappa shape index (κ1) is 16.4. The zero-order valence-corrected chi connectivity index (χ0v) is 12.4. The molecule has 19 heavy (non-hydrogen) atoms. The van der Waals surface area contributed by atoms with Crippen molar-refractivity contribution in [1.29, 1.82) is 0 Å². The molecule has 1 atom stereocenters. The van der Waals surface area contributed by atoms with E-state index >= 15 is 0 Å². The zero-order valence-electron chi connectivity index (χ0n) is 11.5. The monoisotopic (exact) mass is 294 g/mol. The maximum Gasteiger partial charge on any atom is 0.324 e. The molecule has 0 saturated carbocycles. The largest absolute Gasteiger partial charge is 0.465 e. The van der Waals surface area contributed by atoms with Crippen LogP contribution in [0.2, 0.25) is 0 Å². The summed E-state index contributed by atoms with van der Waals surface area (Å²) < 4.78 is 32.5. The Kier molecular flexibility index (Phi) is 5.31. The predicted molar refractivity (Wildman–Crippen MR) is 69.6 cm³/mol. The van der Waals surface area contributed by atoms with Gasteiger partial charge in [0.05, 0.1) is 12.2 Å². The summed E-state index contributed by atoms with van der Waals surface area (Å²) in [5, 5.41) is 9.55. The van der Waals surface area contributed by atoms with Crippen LogP contribution in [0.15, 0.2) is 0 Å². The van der Waals surface area contributed by atoms with Crippen LogP contribution in [0.4, 0.5) is 0 Å². The smallest absolute Gasteiger partial charge is 0.324 e. The molecule has 0 amide bonds. The van der Waals surface area contributed by atoms with Gasteiger partial charge < -0.3 is 9.84 Å². The molecule has 0 bridgehead atoms. The van der Waals surface area contributed by atoms with Crippen molar-refractivity contribution in [3.05, 3.63) is 0 Å². The van der Waals surface area contributed by atoms with Gasteiger partial charge in [-0.15, -0.1) is 0 Å². The second-order valence-electron chi connectivity index (χ2n) is 5.16. The molecule has 8 heteroatoms. The highest BCUT2D eigenvalue weighted by atomic mass is 32.2. The fourth-order valence-corrected chi connectivity index (χ4v) is 3.45. The lowest BCUT2D eigenvalue weighted by Gasteiger charge is -2.25. The Morgan fingerprint density at radius 1 is 1.53 bits per heavy atom. The van der Waals surface area contributed by atoms with Crippen molar-refractivity contribution in [1.82, 2.24) is 9.03 Å². The van der Waals surface area contributed by atoms with Gasteiger partial charge in [-0.3, -0.25) is 4.79 Å². The minimum absolute atomic E-state index is 0.110. The van der Waals surface area contributed by atoms with Crippen molar-refractivity contribution >= 4 is 16.2 Å². The van der Waals surface area contributed by atoms with E-state index in [1.165, 1.54) is 13.8 Å². The molecule has 0 radical (unpaired) electrons. The van der Waals surface area contributed by atoms with Crippen LogP contribution in [-0.2, 0) is 19.7 Å². The first-order chi connectivity index (χ1) is 8.67. The minimum atomic E-state index is -3.78. The highest BCUT2D eigenvalue weighted by molar-refractivity contribution is 7.87. The Balaban J connectivity index is 2.73. The number of nitrogens with one attached hydrogen (secondary N) is 1. The Hall–Kier alpha value is -0.700. The third kappa shape index (κ3) is 4.72. The zero-order chi connectivity index (χ0) is 14.7. The Morgan fingerprint density at radius 3 is 2.68 bits per heavy atom. The van der Waals surface area contributed by atoms with Gasteiger partial charge in [-0.2, -0.15) is 17.4 Å². The van der Waals surface area contributed by atoms with E-state index in [2.05, 4.69) is 4.72 Å². The molecule has 0 aromatic carbocycles. The molecule has 1 saturated heterocycles. The van der Waals surface area contributed by atoms with Crippen molar-refractivity contribution in [2.24, 2.45) is 0 Å². The lowest BCUT2D eigenvalue weighted by atomic mass is 10.1. The SMILES string of the molecule is CCOC(=O)C1CCCN1S(=O)(=O)NCC(C)(C)O. The van der Waals surface area contributed by atoms with Crippen molar-refractivity contribution in [3.8, 4) is 0 Å². The molecule has 0 spiro atoms. The van der Waals surface area contributed by atoms with E-state index in [9.17, 15) is 18.3 Å².